The maximum absolute atomic E-state index is 12.2. The van der Waals surface area contributed by atoms with Gasteiger partial charge < -0.3 is 10.5 Å². The molecule has 1 atom stereocenters. The molecule has 0 aliphatic carbocycles. The zero-order valence-corrected chi connectivity index (χ0v) is 8.01. The number of halogens is 2. The predicted molar refractivity (Wildman–Crippen MR) is 50.9 cm³/mol. The maximum atomic E-state index is 12.2. The lowest BCUT2D eigenvalue weighted by atomic mass is 10.1. The summed E-state index contributed by atoms with van der Waals surface area (Å²) < 4.78 is 17.2. The molecule has 0 heterocycles. The summed E-state index contributed by atoms with van der Waals surface area (Å²) in [5.41, 5.74) is 6.18. The number of ether oxygens (including phenoxy) is 1. The molecule has 13 heavy (non-hydrogen) atoms. The van der Waals surface area contributed by atoms with E-state index in [-0.39, 0.29) is 0 Å². The van der Waals surface area contributed by atoms with Crippen LogP contribution in [0.2, 0.25) is 5.02 Å². The number of rotatable bonds is 3. The zero-order valence-electron chi connectivity index (χ0n) is 7.26. The van der Waals surface area contributed by atoms with Crippen LogP contribution in [-0.4, -0.2) is 13.8 Å². The molecule has 2 N–H and O–H groups in total. The van der Waals surface area contributed by atoms with Crippen molar-refractivity contribution >= 4 is 11.6 Å². The Bertz CT molecular complexity index is 293. The van der Waals surface area contributed by atoms with Crippen LogP contribution in [0.25, 0.3) is 0 Å². The molecule has 0 bridgehead atoms. The first kappa shape index (κ1) is 10.3. The highest BCUT2D eigenvalue weighted by molar-refractivity contribution is 6.32. The molecule has 0 saturated heterocycles. The van der Waals surface area contributed by atoms with Crippen LogP contribution in [-0.2, 0) is 0 Å². The smallest absolute Gasteiger partial charge is 0.137 e. The van der Waals surface area contributed by atoms with Gasteiger partial charge >= 0.3 is 0 Å². The predicted octanol–water partition coefficient (Wildman–Crippen LogP) is 2.32. The van der Waals surface area contributed by atoms with Gasteiger partial charge in [-0.3, -0.25) is 0 Å². The average molecular weight is 204 g/mol. The van der Waals surface area contributed by atoms with E-state index in [9.17, 15) is 4.39 Å². The molecule has 0 fully saturated rings. The monoisotopic (exact) mass is 203 g/mol. The van der Waals surface area contributed by atoms with Crippen LogP contribution in [0.1, 0.15) is 11.6 Å². The molecule has 0 amide bonds. The number of hydrogen-bond donors (Lipinski definition) is 1. The van der Waals surface area contributed by atoms with E-state index < -0.39 is 12.7 Å². The Morgan fingerprint density at radius 1 is 1.62 bits per heavy atom. The normalized spacial score (nSPS) is 12.6. The molecule has 72 valence electrons. The second-order valence-corrected chi connectivity index (χ2v) is 3.06. The fourth-order valence-electron chi connectivity index (χ4n) is 0.996. The number of hydrogen-bond acceptors (Lipinski definition) is 2. The third kappa shape index (κ3) is 2.32. The minimum atomic E-state index is -0.605. The van der Waals surface area contributed by atoms with Gasteiger partial charge in [-0.05, 0) is 17.7 Å². The van der Waals surface area contributed by atoms with Crippen LogP contribution in [0.5, 0.6) is 5.75 Å². The van der Waals surface area contributed by atoms with Crippen LogP contribution in [0, 0.1) is 0 Å². The Balaban J connectivity index is 2.99. The van der Waals surface area contributed by atoms with Crippen LogP contribution >= 0.6 is 11.6 Å². The van der Waals surface area contributed by atoms with Gasteiger partial charge in [0.15, 0.2) is 0 Å². The topological polar surface area (TPSA) is 35.2 Å². The Labute approximate surface area is 81.4 Å². The number of alkyl halides is 1. The molecule has 0 spiro atoms. The summed E-state index contributed by atoms with van der Waals surface area (Å²) in [5, 5.41) is 0.498. The first-order valence-electron chi connectivity index (χ1n) is 3.84. The van der Waals surface area contributed by atoms with Gasteiger partial charge in [0.25, 0.3) is 0 Å². The second-order valence-electron chi connectivity index (χ2n) is 2.65. The Morgan fingerprint density at radius 2 is 2.31 bits per heavy atom. The minimum absolute atomic E-state index is 0.498. The lowest BCUT2D eigenvalue weighted by molar-refractivity contribution is 0.410. The van der Waals surface area contributed by atoms with Crippen molar-refractivity contribution in [1.29, 1.82) is 0 Å². The van der Waals surface area contributed by atoms with Crippen molar-refractivity contribution in [2.24, 2.45) is 5.73 Å². The highest BCUT2D eigenvalue weighted by atomic mass is 35.5. The second kappa shape index (κ2) is 4.44. The van der Waals surface area contributed by atoms with Gasteiger partial charge in [0.1, 0.15) is 12.4 Å². The molecule has 0 saturated carbocycles. The van der Waals surface area contributed by atoms with E-state index in [4.69, 9.17) is 22.1 Å². The van der Waals surface area contributed by atoms with E-state index in [1.54, 1.807) is 18.2 Å². The van der Waals surface area contributed by atoms with E-state index in [2.05, 4.69) is 0 Å². The Hall–Kier alpha value is -0.800. The van der Waals surface area contributed by atoms with Crippen molar-refractivity contribution in [3.63, 3.8) is 0 Å². The summed E-state index contributed by atoms with van der Waals surface area (Å²) in [4.78, 5) is 0. The van der Waals surface area contributed by atoms with Crippen LogP contribution < -0.4 is 10.5 Å². The lowest BCUT2D eigenvalue weighted by Gasteiger charge is -2.09. The van der Waals surface area contributed by atoms with Gasteiger partial charge in [-0.15, -0.1) is 0 Å². The highest BCUT2D eigenvalue weighted by Gasteiger charge is 2.08. The van der Waals surface area contributed by atoms with Crippen LogP contribution in [0.15, 0.2) is 18.2 Å². The highest BCUT2D eigenvalue weighted by Crippen LogP contribution is 2.27. The van der Waals surface area contributed by atoms with E-state index in [0.29, 0.717) is 16.3 Å². The molecule has 0 aliphatic rings. The van der Waals surface area contributed by atoms with Crippen molar-refractivity contribution in [2.45, 2.75) is 6.04 Å². The molecule has 2 nitrogen and oxygen atoms in total. The molecule has 1 aromatic rings. The van der Waals surface area contributed by atoms with Crippen molar-refractivity contribution in [1.82, 2.24) is 0 Å². The molecule has 1 rings (SSSR count). The van der Waals surface area contributed by atoms with Crippen molar-refractivity contribution in [3.8, 4) is 5.75 Å². The Morgan fingerprint density at radius 3 is 2.85 bits per heavy atom. The molecule has 0 aliphatic heterocycles. The number of benzene rings is 1. The number of methoxy groups -OCH3 is 1. The average Bonchev–Trinajstić information content (AvgIpc) is 2.17. The minimum Gasteiger partial charge on any atom is -0.495 e. The van der Waals surface area contributed by atoms with Gasteiger partial charge in [-0.1, -0.05) is 17.7 Å². The zero-order chi connectivity index (χ0) is 9.84. The lowest BCUT2D eigenvalue weighted by Crippen LogP contribution is -2.12. The fourth-order valence-corrected chi connectivity index (χ4v) is 1.19. The van der Waals surface area contributed by atoms with Gasteiger partial charge in [0.2, 0.25) is 0 Å². The first-order valence-corrected chi connectivity index (χ1v) is 4.21. The maximum Gasteiger partial charge on any atom is 0.137 e. The summed E-state index contributed by atoms with van der Waals surface area (Å²) in [6.07, 6.45) is 0. The molecular weight excluding hydrogens is 193 g/mol. The third-order valence-corrected chi connectivity index (χ3v) is 2.08. The molecular formula is C9H11ClFNO. The Kier molecular flexibility index (Phi) is 3.51. The van der Waals surface area contributed by atoms with E-state index in [0.717, 1.165) is 0 Å². The van der Waals surface area contributed by atoms with Crippen LogP contribution in [0.4, 0.5) is 4.39 Å². The standard InChI is InChI=1S/C9H11ClFNO/c1-13-9-4-6(8(12)5-11)2-3-7(9)10/h2-4,8H,5,12H2,1H3. The summed E-state index contributed by atoms with van der Waals surface area (Å²) >= 11 is 5.78. The van der Waals surface area contributed by atoms with Gasteiger partial charge in [0.05, 0.1) is 18.2 Å². The van der Waals surface area contributed by atoms with Crippen molar-refractivity contribution in [2.75, 3.05) is 13.8 Å². The molecule has 0 aromatic heterocycles. The third-order valence-electron chi connectivity index (χ3n) is 1.77. The van der Waals surface area contributed by atoms with E-state index in [1.165, 1.54) is 7.11 Å². The van der Waals surface area contributed by atoms with Crippen LogP contribution in [0.3, 0.4) is 0 Å². The summed E-state index contributed by atoms with van der Waals surface area (Å²) in [7, 11) is 1.51. The largest absolute Gasteiger partial charge is 0.495 e. The van der Waals surface area contributed by atoms with E-state index >= 15 is 0 Å². The molecule has 1 aromatic carbocycles. The number of nitrogens with two attached hydrogens (primary N) is 1. The molecule has 0 radical (unpaired) electrons. The quantitative estimate of drug-likeness (QED) is 0.819. The SMILES string of the molecule is COc1cc(C(N)CF)ccc1Cl. The van der Waals surface area contributed by atoms with Gasteiger partial charge in [-0.2, -0.15) is 0 Å². The van der Waals surface area contributed by atoms with Crippen molar-refractivity contribution < 1.29 is 9.13 Å². The first-order chi connectivity index (χ1) is 6.19. The molecule has 1 unspecified atom stereocenters. The van der Waals surface area contributed by atoms with Gasteiger partial charge in [-0.25, -0.2) is 4.39 Å². The van der Waals surface area contributed by atoms with E-state index in [1.807, 2.05) is 0 Å². The summed E-state index contributed by atoms with van der Waals surface area (Å²) in [5.74, 6) is 0.517. The van der Waals surface area contributed by atoms with Crippen molar-refractivity contribution in [3.05, 3.63) is 28.8 Å². The fraction of sp³-hybridized carbons (Fsp3) is 0.333. The van der Waals surface area contributed by atoms with Gasteiger partial charge in [0, 0.05) is 0 Å². The molecule has 4 heteroatoms. The summed E-state index contributed by atoms with van der Waals surface area (Å²) in [6, 6.07) is 4.37. The summed E-state index contributed by atoms with van der Waals surface area (Å²) in [6.45, 7) is -0.592.